The molecule has 0 bridgehead atoms. The van der Waals surface area contributed by atoms with Gasteiger partial charge < -0.3 is 25.8 Å². The maximum Gasteiger partial charge on any atom is 0.308 e. The fraction of sp³-hybridized carbons (Fsp3) is 0.613. The van der Waals surface area contributed by atoms with Crippen molar-refractivity contribution in [2.24, 2.45) is 23.5 Å². The number of hydrogen-bond donors (Lipinski definition) is 3. The number of carbonyl (C=O) groups is 3. The van der Waals surface area contributed by atoms with Gasteiger partial charge in [-0.15, -0.1) is 11.3 Å². The van der Waals surface area contributed by atoms with Crippen molar-refractivity contribution in [3.05, 3.63) is 52.0 Å². The maximum absolute atomic E-state index is 13.2. The molecule has 1 heterocycles. The molecule has 3 unspecified atom stereocenters. The molecule has 2 amide bonds. The fourth-order valence-electron chi connectivity index (χ4n) is 4.81. The van der Waals surface area contributed by atoms with Crippen LogP contribution >= 0.6 is 11.3 Å². The van der Waals surface area contributed by atoms with Gasteiger partial charge in [0.05, 0.1) is 18.6 Å². The van der Waals surface area contributed by atoms with Crippen LogP contribution in [0, 0.1) is 17.8 Å². The molecule has 0 aliphatic carbocycles. The number of rotatable bonds is 16. The zero-order chi connectivity index (χ0) is 30.7. The van der Waals surface area contributed by atoms with E-state index in [0.29, 0.717) is 24.5 Å². The average molecular weight is 589 g/mol. The summed E-state index contributed by atoms with van der Waals surface area (Å²) in [5, 5.41) is 16.1. The van der Waals surface area contributed by atoms with Crippen LogP contribution in [0.4, 0.5) is 0 Å². The predicted octanol–water partition coefficient (Wildman–Crippen LogP) is 4.35. The largest absolute Gasteiger partial charge is 0.466 e. The smallest absolute Gasteiger partial charge is 0.308 e. The monoisotopic (exact) mass is 588 g/mol. The summed E-state index contributed by atoms with van der Waals surface area (Å²) in [5.74, 6) is -1.08. The lowest BCUT2D eigenvalue weighted by Crippen LogP contribution is -2.51. The molecule has 0 fully saturated rings. The molecule has 1 aromatic heterocycles. The SMILES string of the molecule is CCOC(=O)[C@@H](C)CC(Cc1ccccc1)NC(=O)c1csc(C(O)CC(C(C)C)N(C)C(=O)[C@@H](N)[C@@H](C)CC)n1. The molecule has 1 aromatic carbocycles. The van der Waals surface area contributed by atoms with Gasteiger partial charge in [-0.1, -0.05) is 71.4 Å². The van der Waals surface area contributed by atoms with Crippen molar-refractivity contribution in [1.29, 1.82) is 0 Å². The molecule has 228 valence electrons. The van der Waals surface area contributed by atoms with Gasteiger partial charge in [0.15, 0.2) is 0 Å². The number of ether oxygens (including phenoxy) is 1. The van der Waals surface area contributed by atoms with E-state index in [2.05, 4.69) is 10.3 Å². The lowest BCUT2D eigenvalue weighted by atomic mass is 9.93. The minimum absolute atomic E-state index is 0.0497. The third-order valence-corrected chi connectivity index (χ3v) is 8.59. The first-order valence-corrected chi connectivity index (χ1v) is 15.4. The molecule has 0 saturated heterocycles. The van der Waals surface area contributed by atoms with Crippen LogP contribution in [0.3, 0.4) is 0 Å². The van der Waals surface area contributed by atoms with Crippen molar-refractivity contribution in [2.45, 2.75) is 91.5 Å². The number of thiazole rings is 1. The minimum Gasteiger partial charge on any atom is -0.466 e. The highest BCUT2D eigenvalue weighted by molar-refractivity contribution is 7.09. The summed E-state index contributed by atoms with van der Waals surface area (Å²) in [4.78, 5) is 44.6. The van der Waals surface area contributed by atoms with Crippen molar-refractivity contribution in [2.75, 3.05) is 13.7 Å². The number of esters is 1. The summed E-state index contributed by atoms with van der Waals surface area (Å²) in [6.45, 7) is 11.8. The lowest BCUT2D eigenvalue weighted by molar-refractivity contribution is -0.147. The van der Waals surface area contributed by atoms with Crippen LogP contribution in [0.1, 0.15) is 88.0 Å². The third-order valence-electron chi connectivity index (χ3n) is 7.65. The van der Waals surface area contributed by atoms with Gasteiger partial charge in [-0.05, 0) is 37.2 Å². The molecule has 0 spiro atoms. The van der Waals surface area contributed by atoms with Crippen molar-refractivity contribution in [3.8, 4) is 0 Å². The number of carbonyl (C=O) groups excluding carboxylic acids is 3. The summed E-state index contributed by atoms with van der Waals surface area (Å²) in [7, 11) is 1.73. The zero-order valence-electron chi connectivity index (χ0n) is 25.5. The first-order valence-electron chi connectivity index (χ1n) is 14.6. The second-order valence-corrected chi connectivity index (χ2v) is 12.1. The van der Waals surface area contributed by atoms with Crippen LogP contribution in [0.15, 0.2) is 35.7 Å². The molecule has 0 aliphatic heterocycles. The Morgan fingerprint density at radius 1 is 1.10 bits per heavy atom. The van der Waals surface area contributed by atoms with Crippen LogP contribution in [0.25, 0.3) is 0 Å². The maximum atomic E-state index is 13.2. The van der Waals surface area contributed by atoms with Crippen molar-refractivity contribution >= 4 is 29.1 Å². The molecule has 2 rings (SSSR count). The number of aliphatic hydroxyl groups excluding tert-OH is 1. The molecule has 0 aliphatic rings. The molecule has 9 nitrogen and oxygen atoms in total. The second kappa shape index (κ2) is 16.6. The topological polar surface area (TPSA) is 135 Å². The second-order valence-electron chi connectivity index (χ2n) is 11.2. The quantitative estimate of drug-likeness (QED) is 0.248. The van der Waals surface area contributed by atoms with E-state index in [9.17, 15) is 19.5 Å². The summed E-state index contributed by atoms with van der Waals surface area (Å²) in [6, 6.07) is 8.58. The summed E-state index contributed by atoms with van der Waals surface area (Å²) in [5.41, 5.74) is 7.45. The number of aromatic nitrogens is 1. The summed E-state index contributed by atoms with van der Waals surface area (Å²) < 4.78 is 5.16. The summed E-state index contributed by atoms with van der Waals surface area (Å²) in [6.07, 6.45) is 1.08. The van der Waals surface area contributed by atoms with E-state index < -0.39 is 18.1 Å². The van der Waals surface area contributed by atoms with E-state index in [4.69, 9.17) is 10.5 Å². The fourth-order valence-corrected chi connectivity index (χ4v) is 5.60. The standard InChI is InChI=1S/C31H48N4O5S/c1-8-20(5)27(32)30(38)35(7)25(19(3)4)17-26(36)29-34-24(18-41-29)28(37)33-23(15-21(6)31(39)40-9-2)16-22-13-11-10-12-14-22/h10-14,18-21,23,25-27,36H,8-9,15-17,32H2,1-7H3,(H,33,37)/t20-,21-,23?,25?,26?,27-/m0/s1. The number of benzene rings is 1. The molecule has 2 aromatic rings. The Bertz CT molecular complexity index is 1110. The van der Waals surface area contributed by atoms with E-state index in [0.717, 1.165) is 12.0 Å². The number of nitrogens with zero attached hydrogens (tertiary/aromatic N) is 2. The molecular formula is C31H48N4O5S. The van der Waals surface area contributed by atoms with E-state index in [-0.39, 0.29) is 53.8 Å². The van der Waals surface area contributed by atoms with Gasteiger partial charge in [-0.25, -0.2) is 4.98 Å². The van der Waals surface area contributed by atoms with Crippen molar-refractivity contribution in [1.82, 2.24) is 15.2 Å². The number of likely N-dealkylation sites (N-methyl/N-ethyl adjacent to an activating group) is 1. The van der Waals surface area contributed by atoms with E-state index in [1.807, 2.05) is 58.0 Å². The molecular weight excluding hydrogens is 540 g/mol. The number of amides is 2. The van der Waals surface area contributed by atoms with Crippen molar-refractivity contribution < 1.29 is 24.2 Å². The van der Waals surface area contributed by atoms with E-state index >= 15 is 0 Å². The zero-order valence-corrected chi connectivity index (χ0v) is 26.3. The highest BCUT2D eigenvalue weighted by atomic mass is 32.1. The molecule has 10 heteroatoms. The Kier molecular flexibility index (Phi) is 13.9. The van der Waals surface area contributed by atoms with Gasteiger partial charge in [-0.3, -0.25) is 14.4 Å². The van der Waals surface area contributed by atoms with Gasteiger partial charge in [0.25, 0.3) is 5.91 Å². The Morgan fingerprint density at radius 2 is 1.76 bits per heavy atom. The first kappa shape index (κ1) is 34.4. The normalized spacial score (nSPS) is 15.9. The predicted molar refractivity (Wildman–Crippen MR) is 162 cm³/mol. The van der Waals surface area contributed by atoms with Gasteiger partial charge in [-0.2, -0.15) is 0 Å². The molecule has 6 atom stereocenters. The van der Waals surface area contributed by atoms with Crippen LogP contribution in [-0.4, -0.2) is 64.6 Å². The Labute approximate surface area is 248 Å². The van der Waals surface area contributed by atoms with Gasteiger partial charge in [0.2, 0.25) is 5.91 Å². The molecule has 0 saturated carbocycles. The minimum atomic E-state index is -0.951. The number of aliphatic hydroxyl groups is 1. The van der Waals surface area contributed by atoms with Crippen LogP contribution in [0.5, 0.6) is 0 Å². The van der Waals surface area contributed by atoms with Crippen molar-refractivity contribution in [3.63, 3.8) is 0 Å². The van der Waals surface area contributed by atoms with Gasteiger partial charge in [0, 0.05) is 30.9 Å². The number of nitrogens with two attached hydrogens (primary N) is 1. The summed E-state index contributed by atoms with van der Waals surface area (Å²) >= 11 is 1.21. The lowest BCUT2D eigenvalue weighted by Gasteiger charge is -2.35. The highest BCUT2D eigenvalue weighted by Crippen LogP contribution is 2.28. The Hall–Kier alpha value is -2.82. The van der Waals surface area contributed by atoms with Crippen LogP contribution in [0.2, 0.25) is 0 Å². The Morgan fingerprint density at radius 3 is 2.34 bits per heavy atom. The van der Waals surface area contributed by atoms with E-state index in [1.165, 1.54) is 11.3 Å². The van der Waals surface area contributed by atoms with Crippen LogP contribution in [-0.2, 0) is 20.7 Å². The van der Waals surface area contributed by atoms with Gasteiger partial charge >= 0.3 is 5.97 Å². The van der Waals surface area contributed by atoms with Gasteiger partial charge in [0.1, 0.15) is 16.8 Å². The number of hydrogen-bond acceptors (Lipinski definition) is 8. The molecule has 4 N–H and O–H groups in total. The third kappa shape index (κ3) is 10.2. The average Bonchev–Trinajstić information content (AvgIpc) is 3.45. The Balaban J connectivity index is 2.13. The highest BCUT2D eigenvalue weighted by Gasteiger charge is 2.32. The van der Waals surface area contributed by atoms with Crippen LogP contribution < -0.4 is 11.1 Å². The molecule has 0 radical (unpaired) electrons. The first-order chi connectivity index (χ1) is 19.4. The van der Waals surface area contributed by atoms with E-state index in [1.54, 1.807) is 31.2 Å². The number of nitrogens with one attached hydrogen (secondary N) is 1. The molecule has 41 heavy (non-hydrogen) atoms.